The van der Waals surface area contributed by atoms with Gasteiger partial charge in [-0.1, -0.05) is 18.2 Å². The molecule has 0 spiro atoms. The van der Waals surface area contributed by atoms with Crippen LogP contribution in [0.15, 0.2) is 59.2 Å². The van der Waals surface area contributed by atoms with E-state index in [1.807, 2.05) is 0 Å². The number of nitrogens with zero attached hydrogens (tertiary/aromatic N) is 4. The maximum absolute atomic E-state index is 13.1. The summed E-state index contributed by atoms with van der Waals surface area (Å²) in [6.07, 6.45) is 4.85. The number of allylic oxidation sites excluding steroid dienone is 1. The highest BCUT2D eigenvalue weighted by atomic mass is 16.6. The van der Waals surface area contributed by atoms with E-state index >= 15 is 0 Å². The molecule has 0 saturated carbocycles. The average Bonchev–Trinajstić information content (AvgIpc) is 3.26. The Morgan fingerprint density at radius 2 is 2.03 bits per heavy atom. The lowest BCUT2D eigenvalue weighted by atomic mass is 9.75. The Kier molecular flexibility index (Phi) is 6.58. The zero-order valence-electron chi connectivity index (χ0n) is 17.3. The lowest BCUT2D eigenvalue weighted by Crippen LogP contribution is -2.37. The number of aliphatic imine (C=N–C) groups is 1. The van der Waals surface area contributed by atoms with Crippen LogP contribution in [0, 0.1) is 16.0 Å². The first-order chi connectivity index (χ1) is 14.9. The predicted octanol–water partition coefficient (Wildman–Crippen LogP) is 2.66. The number of para-hydroxylation sites is 1. The second-order valence-corrected chi connectivity index (χ2v) is 6.86. The first-order valence-electron chi connectivity index (χ1n) is 9.61. The van der Waals surface area contributed by atoms with Crippen LogP contribution in [0.4, 0.5) is 5.69 Å². The minimum absolute atomic E-state index is 0.0888. The van der Waals surface area contributed by atoms with Crippen molar-refractivity contribution in [1.82, 2.24) is 9.55 Å². The number of ether oxygens (including phenoxy) is 2. The van der Waals surface area contributed by atoms with Crippen LogP contribution < -0.4 is 0 Å². The third-order valence-corrected chi connectivity index (χ3v) is 5.03. The summed E-state index contributed by atoms with van der Waals surface area (Å²) in [5.41, 5.74) is 0.824. The number of imidazole rings is 1. The number of rotatable bonds is 7. The monoisotopic (exact) mass is 426 g/mol. The number of aromatic nitrogens is 2. The Morgan fingerprint density at radius 1 is 1.29 bits per heavy atom. The zero-order chi connectivity index (χ0) is 22.5. The van der Waals surface area contributed by atoms with Crippen molar-refractivity contribution in [3.63, 3.8) is 0 Å². The number of nitro groups is 1. The molecule has 2 aromatic rings. The smallest absolute Gasteiger partial charge is 0.336 e. The second-order valence-electron chi connectivity index (χ2n) is 6.86. The molecule has 10 nitrogen and oxygen atoms in total. The van der Waals surface area contributed by atoms with Crippen molar-refractivity contribution in [2.45, 2.75) is 26.3 Å². The lowest BCUT2D eigenvalue weighted by molar-refractivity contribution is -0.385. The SMILES string of the molecule is CCOC(=O)C1=C(Cn2ccnc2)N=C(C)C(C(=O)OC)C1c1ccccc1[N+](=O)[O-]. The molecule has 0 amide bonds. The molecule has 2 unspecified atom stereocenters. The zero-order valence-corrected chi connectivity index (χ0v) is 17.3. The molecule has 0 N–H and O–H groups in total. The summed E-state index contributed by atoms with van der Waals surface area (Å²) in [7, 11) is 1.22. The normalized spacial score (nSPS) is 18.4. The number of benzene rings is 1. The fourth-order valence-electron chi connectivity index (χ4n) is 3.74. The van der Waals surface area contributed by atoms with E-state index in [1.165, 1.54) is 25.3 Å². The maximum Gasteiger partial charge on any atom is 0.336 e. The summed E-state index contributed by atoms with van der Waals surface area (Å²) in [5.74, 6) is -3.35. The fourth-order valence-corrected chi connectivity index (χ4v) is 3.74. The third kappa shape index (κ3) is 4.37. The van der Waals surface area contributed by atoms with Crippen LogP contribution in [0.5, 0.6) is 0 Å². The van der Waals surface area contributed by atoms with Gasteiger partial charge in [0.25, 0.3) is 5.69 Å². The number of carbonyl (C=O) groups excluding carboxylic acids is 2. The molecule has 31 heavy (non-hydrogen) atoms. The standard InChI is InChI=1S/C21H22N4O6/c1-4-31-21(27)19-15(11-24-10-9-22-12-24)23-13(2)17(20(26)30-3)18(19)14-7-5-6-8-16(14)25(28)29/h5-10,12,17-18H,4,11H2,1-3H3. The molecule has 2 atom stereocenters. The van der Waals surface area contributed by atoms with Gasteiger partial charge < -0.3 is 14.0 Å². The third-order valence-electron chi connectivity index (χ3n) is 5.03. The van der Waals surface area contributed by atoms with Gasteiger partial charge in [-0.15, -0.1) is 0 Å². The van der Waals surface area contributed by atoms with Gasteiger partial charge in [0.2, 0.25) is 0 Å². The van der Waals surface area contributed by atoms with Crippen molar-refractivity contribution in [3.8, 4) is 0 Å². The lowest BCUT2D eigenvalue weighted by Gasteiger charge is -2.31. The summed E-state index contributed by atoms with van der Waals surface area (Å²) in [4.78, 5) is 45.5. The average molecular weight is 426 g/mol. The van der Waals surface area contributed by atoms with Gasteiger partial charge in [0.15, 0.2) is 0 Å². The van der Waals surface area contributed by atoms with Crippen molar-refractivity contribution in [3.05, 3.63) is 69.9 Å². The van der Waals surface area contributed by atoms with Gasteiger partial charge >= 0.3 is 11.9 Å². The number of hydrogen-bond acceptors (Lipinski definition) is 8. The molecule has 0 aliphatic carbocycles. The minimum atomic E-state index is -1.02. The molecule has 1 aliphatic rings. The van der Waals surface area contributed by atoms with Gasteiger partial charge in [-0.2, -0.15) is 0 Å². The van der Waals surface area contributed by atoms with Gasteiger partial charge in [-0.25, -0.2) is 9.78 Å². The van der Waals surface area contributed by atoms with Crippen LogP contribution in [0.1, 0.15) is 25.3 Å². The van der Waals surface area contributed by atoms with E-state index in [1.54, 1.807) is 43.2 Å². The van der Waals surface area contributed by atoms with E-state index in [4.69, 9.17) is 9.47 Å². The van der Waals surface area contributed by atoms with E-state index in [0.29, 0.717) is 11.4 Å². The number of esters is 2. The molecule has 0 radical (unpaired) electrons. The van der Waals surface area contributed by atoms with Crippen molar-refractivity contribution >= 4 is 23.3 Å². The second kappa shape index (κ2) is 9.33. The molecule has 3 rings (SSSR count). The Hall–Kier alpha value is -3.82. The van der Waals surface area contributed by atoms with Gasteiger partial charge in [-0.05, 0) is 13.8 Å². The summed E-state index contributed by atoms with van der Waals surface area (Å²) in [6, 6.07) is 6.02. The first-order valence-corrected chi connectivity index (χ1v) is 9.61. The molecule has 0 bridgehead atoms. The van der Waals surface area contributed by atoms with Crippen molar-refractivity contribution < 1.29 is 24.0 Å². The van der Waals surface area contributed by atoms with Crippen LogP contribution in [0.25, 0.3) is 0 Å². The van der Waals surface area contributed by atoms with Crippen LogP contribution >= 0.6 is 0 Å². The maximum atomic E-state index is 13.1. The highest BCUT2D eigenvalue weighted by Gasteiger charge is 2.45. The van der Waals surface area contributed by atoms with Gasteiger partial charge in [0.1, 0.15) is 5.92 Å². The predicted molar refractivity (Wildman–Crippen MR) is 110 cm³/mol. The first kappa shape index (κ1) is 21.9. The summed E-state index contributed by atoms with van der Waals surface area (Å²) in [5, 5.41) is 11.7. The molecule has 2 heterocycles. The van der Waals surface area contributed by atoms with Crippen LogP contribution in [0.2, 0.25) is 0 Å². The molecule has 0 fully saturated rings. The minimum Gasteiger partial charge on any atom is -0.468 e. The molecule has 1 aliphatic heterocycles. The molecular weight excluding hydrogens is 404 g/mol. The van der Waals surface area contributed by atoms with E-state index in [9.17, 15) is 19.7 Å². The van der Waals surface area contributed by atoms with Crippen molar-refractivity contribution in [2.24, 2.45) is 10.9 Å². The Balaban J connectivity index is 2.29. The van der Waals surface area contributed by atoms with E-state index in [2.05, 4.69) is 9.98 Å². The largest absolute Gasteiger partial charge is 0.468 e. The molecule has 1 aromatic heterocycles. The van der Waals surface area contributed by atoms with Crippen LogP contribution in [0.3, 0.4) is 0 Å². The van der Waals surface area contributed by atoms with Gasteiger partial charge in [0, 0.05) is 35.7 Å². The number of nitro benzene ring substituents is 1. The summed E-state index contributed by atoms with van der Waals surface area (Å²) in [6.45, 7) is 3.56. The Labute approximate surface area is 178 Å². The topological polar surface area (TPSA) is 126 Å². The number of methoxy groups -OCH3 is 1. The van der Waals surface area contributed by atoms with Gasteiger partial charge in [-0.3, -0.25) is 19.9 Å². The Bertz CT molecular complexity index is 1060. The van der Waals surface area contributed by atoms with E-state index in [0.717, 1.165) is 0 Å². The van der Waals surface area contributed by atoms with Crippen LogP contribution in [-0.2, 0) is 25.6 Å². The summed E-state index contributed by atoms with van der Waals surface area (Å²) < 4.78 is 11.9. The van der Waals surface area contributed by atoms with Crippen molar-refractivity contribution in [2.75, 3.05) is 13.7 Å². The van der Waals surface area contributed by atoms with E-state index in [-0.39, 0.29) is 30.0 Å². The molecule has 10 heteroatoms. The molecular formula is C21H22N4O6. The molecule has 1 aromatic carbocycles. The van der Waals surface area contributed by atoms with Crippen molar-refractivity contribution in [1.29, 1.82) is 0 Å². The highest BCUT2D eigenvalue weighted by molar-refractivity contribution is 6.07. The number of carbonyl (C=O) groups is 2. The van der Waals surface area contributed by atoms with E-state index < -0.39 is 28.7 Å². The number of hydrogen-bond donors (Lipinski definition) is 0. The van der Waals surface area contributed by atoms with Gasteiger partial charge in [0.05, 0.1) is 42.8 Å². The fraction of sp³-hybridized carbons (Fsp3) is 0.333. The highest BCUT2D eigenvalue weighted by Crippen LogP contribution is 2.43. The summed E-state index contributed by atoms with van der Waals surface area (Å²) >= 11 is 0. The van der Waals surface area contributed by atoms with Crippen LogP contribution in [-0.4, -0.2) is 45.8 Å². The molecule has 162 valence electrons. The quantitative estimate of drug-likeness (QED) is 0.378. The molecule has 0 saturated heterocycles. The Morgan fingerprint density at radius 3 is 2.65 bits per heavy atom.